The lowest BCUT2D eigenvalue weighted by Crippen LogP contribution is -2.43. The number of nitrogens with one attached hydrogen (secondary N) is 1. The molecule has 0 saturated carbocycles. The van der Waals surface area contributed by atoms with Crippen LogP contribution in [0.5, 0.6) is 0 Å². The normalized spacial score (nSPS) is 23.6. The highest BCUT2D eigenvalue weighted by atomic mass is 19.4. The van der Waals surface area contributed by atoms with Gasteiger partial charge in [-0.1, -0.05) is 18.2 Å². The lowest BCUT2D eigenvalue weighted by Gasteiger charge is -2.31. The number of piperidine rings is 1. The standard InChI is InChI=1S/C15H18F3N3/c1-21-14-5-3-2-4-12(14)13(20-21)9-11-8-10(6-7-19-11)15(16,17)18/h2-5,10-11,19H,6-9H2,1H3. The van der Waals surface area contributed by atoms with Crippen LogP contribution in [0.4, 0.5) is 13.2 Å². The van der Waals surface area contributed by atoms with Crippen molar-refractivity contribution in [1.29, 1.82) is 0 Å². The molecule has 1 fully saturated rings. The van der Waals surface area contributed by atoms with Gasteiger partial charge in [0.15, 0.2) is 0 Å². The molecule has 3 rings (SSSR count). The van der Waals surface area contributed by atoms with E-state index in [1.165, 1.54) is 0 Å². The molecule has 1 aromatic carbocycles. The Balaban J connectivity index is 1.79. The minimum absolute atomic E-state index is 0.133. The molecule has 6 heteroatoms. The molecule has 2 unspecified atom stereocenters. The van der Waals surface area contributed by atoms with Crippen molar-refractivity contribution >= 4 is 10.9 Å². The van der Waals surface area contributed by atoms with Gasteiger partial charge >= 0.3 is 6.18 Å². The van der Waals surface area contributed by atoms with Crippen LogP contribution in [-0.2, 0) is 13.5 Å². The second-order valence-corrected chi connectivity index (χ2v) is 5.71. The van der Waals surface area contributed by atoms with E-state index in [0.29, 0.717) is 13.0 Å². The quantitative estimate of drug-likeness (QED) is 0.923. The molecule has 1 aliphatic rings. The lowest BCUT2D eigenvalue weighted by molar-refractivity contribution is -0.183. The summed E-state index contributed by atoms with van der Waals surface area (Å²) in [7, 11) is 1.86. The van der Waals surface area contributed by atoms with Crippen LogP contribution < -0.4 is 5.32 Å². The predicted molar refractivity (Wildman–Crippen MR) is 75.0 cm³/mol. The van der Waals surface area contributed by atoms with Gasteiger partial charge in [0.1, 0.15) is 0 Å². The Morgan fingerprint density at radius 2 is 2.10 bits per heavy atom. The maximum Gasteiger partial charge on any atom is 0.391 e. The summed E-state index contributed by atoms with van der Waals surface area (Å²) >= 11 is 0. The van der Waals surface area contributed by atoms with E-state index in [1.807, 2.05) is 31.3 Å². The molecule has 1 N–H and O–H groups in total. The molecule has 0 amide bonds. The molecular formula is C15H18F3N3. The molecule has 1 aliphatic heterocycles. The first-order valence-electron chi connectivity index (χ1n) is 7.16. The van der Waals surface area contributed by atoms with Gasteiger partial charge in [-0.2, -0.15) is 18.3 Å². The Bertz CT molecular complexity index is 633. The summed E-state index contributed by atoms with van der Waals surface area (Å²) in [6.45, 7) is 0.416. The van der Waals surface area contributed by atoms with Crippen molar-refractivity contribution in [2.24, 2.45) is 13.0 Å². The Labute approximate surface area is 121 Å². The smallest absolute Gasteiger partial charge is 0.314 e. The highest BCUT2D eigenvalue weighted by Gasteiger charge is 2.42. The molecule has 2 heterocycles. The molecule has 0 radical (unpaired) electrons. The number of para-hydroxylation sites is 1. The highest BCUT2D eigenvalue weighted by Crippen LogP contribution is 2.35. The van der Waals surface area contributed by atoms with E-state index in [0.717, 1.165) is 16.6 Å². The van der Waals surface area contributed by atoms with E-state index in [2.05, 4.69) is 10.4 Å². The third kappa shape index (κ3) is 2.90. The zero-order chi connectivity index (χ0) is 15.0. The molecular weight excluding hydrogens is 279 g/mol. The predicted octanol–water partition coefficient (Wildman–Crippen LogP) is 3.05. The summed E-state index contributed by atoms with van der Waals surface area (Å²) in [4.78, 5) is 0. The average molecular weight is 297 g/mol. The molecule has 1 saturated heterocycles. The van der Waals surface area contributed by atoms with Crippen LogP contribution in [0.25, 0.3) is 10.9 Å². The van der Waals surface area contributed by atoms with E-state index >= 15 is 0 Å². The van der Waals surface area contributed by atoms with Crippen LogP contribution in [0, 0.1) is 5.92 Å². The molecule has 0 aliphatic carbocycles. The minimum atomic E-state index is -4.09. The second kappa shape index (κ2) is 5.33. The van der Waals surface area contributed by atoms with Gasteiger partial charge in [0.05, 0.1) is 17.1 Å². The third-order valence-corrected chi connectivity index (χ3v) is 4.23. The average Bonchev–Trinajstić information content (AvgIpc) is 2.76. The van der Waals surface area contributed by atoms with Crippen LogP contribution in [0.3, 0.4) is 0 Å². The van der Waals surface area contributed by atoms with Gasteiger partial charge in [0.2, 0.25) is 0 Å². The van der Waals surface area contributed by atoms with Crippen molar-refractivity contribution in [2.45, 2.75) is 31.5 Å². The molecule has 3 nitrogen and oxygen atoms in total. The van der Waals surface area contributed by atoms with Crippen LogP contribution in [0.2, 0.25) is 0 Å². The highest BCUT2D eigenvalue weighted by molar-refractivity contribution is 5.81. The van der Waals surface area contributed by atoms with Crippen molar-refractivity contribution < 1.29 is 13.2 Å². The summed E-state index contributed by atoms with van der Waals surface area (Å²) in [5.41, 5.74) is 1.88. The molecule has 0 bridgehead atoms. The number of hydrogen-bond donors (Lipinski definition) is 1. The first-order valence-corrected chi connectivity index (χ1v) is 7.16. The molecule has 2 atom stereocenters. The SMILES string of the molecule is Cn1nc(CC2CC(C(F)(F)F)CCN2)c2ccccc21. The Hall–Kier alpha value is -1.56. The number of benzene rings is 1. The molecule has 21 heavy (non-hydrogen) atoms. The first-order chi connectivity index (χ1) is 9.95. The number of halogens is 3. The van der Waals surface area contributed by atoms with Crippen LogP contribution in [-0.4, -0.2) is 28.5 Å². The van der Waals surface area contributed by atoms with E-state index < -0.39 is 12.1 Å². The van der Waals surface area contributed by atoms with Crippen molar-refractivity contribution in [3.63, 3.8) is 0 Å². The lowest BCUT2D eigenvalue weighted by atomic mass is 9.89. The number of hydrogen-bond acceptors (Lipinski definition) is 2. The van der Waals surface area contributed by atoms with Crippen molar-refractivity contribution in [3.8, 4) is 0 Å². The number of rotatable bonds is 2. The molecule has 2 aromatic rings. The number of aryl methyl sites for hydroxylation is 1. The maximum absolute atomic E-state index is 12.9. The van der Waals surface area contributed by atoms with E-state index in [9.17, 15) is 13.2 Å². The van der Waals surface area contributed by atoms with Gasteiger partial charge < -0.3 is 5.32 Å². The Kier molecular flexibility index (Phi) is 3.65. The fraction of sp³-hybridized carbons (Fsp3) is 0.533. The summed E-state index contributed by atoms with van der Waals surface area (Å²) in [6, 6.07) is 7.65. The van der Waals surface area contributed by atoms with E-state index in [-0.39, 0.29) is 18.9 Å². The van der Waals surface area contributed by atoms with Crippen molar-refractivity contribution in [2.75, 3.05) is 6.54 Å². The van der Waals surface area contributed by atoms with E-state index in [4.69, 9.17) is 0 Å². The van der Waals surface area contributed by atoms with Gasteiger partial charge in [-0.15, -0.1) is 0 Å². The van der Waals surface area contributed by atoms with Crippen molar-refractivity contribution in [3.05, 3.63) is 30.0 Å². The summed E-state index contributed by atoms with van der Waals surface area (Å²) in [6.07, 6.45) is -3.25. The summed E-state index contributed by atoms with van der Waals surface area (Å²) in [5.74, 6) is -1.20. The minimum Gasteiger partial charge on any atom is -0.314 e. The molecule has 1 aromatic heterocycles. The fourth-order valence-electron chi connectivity index (χ4n) is 3.13. The molecule has 114 valence electrons. The maximum atomic E-state index is 12.9. The largest absolute Gasteiger partial charge is 0.391 e. The Morgan fingerprint density at radius 3 is 2.86 bits per heavy atom. The van der Waals surface area contributed by atoms with Gasteiger partial charge in [-0.25, -0.2) is 0 Å². The first kappa shape index (κ1) is 14.4. The van der Waals surface area contributed by atoms with Crippen LogP contribution in [0.15, 0.2) is 24.3 Å². The third-order valence-electron chi connectivity index (χ3n) is 4.23. The summed E-state index contributed by atoms with van der Waals surface area (Å²) < 4.78 is 40.4. The fourth-order valence-corrected chi connectivity index (χ4v) is 3.13. The number of fused-ring (bicyclic) bond motifs is 1. The van der Waals surface area contributed by atoms with Gasteiger partial charge in [-0.3, -0.25) is 4.68 Å². The topological polar surface area (TPSA) is 29.9 Å². The summed E-state index contributed by atoms with van der Waals surface area (Å²) in [5, 5.41) is 8.68. The number of nitrogens with zero attached hydrogens (tertiary/aromatic N) is 2. The van der Waals surface area contributed by atoms with Crippen LogP contribution in [0.1, 0.15) is 18.5 Å². The molecule has 0 spiro atoms. The number of aromatic nitrogens is 2. The number of alkyl halides is 3. The van der Waals surface area contributed by atoms with Gasteiger partial charge in [0.25, 0.3) is 0 Å². The van der Waals surface area contributed by atoms with Gasteiger partial charge in [-0.05, 0) is 25.5 Å². The second-order valence-electron chi connectivity index (χ2n) is 5.71. The van der Waals surface area contributed by atoms with E-state index in [1.54, 1.807) is 4.68 Å². The van der Waals surface area contributed by atoms with Gasteiger partial charge in [0, 0.05) is 24.9 Å². The zero-order valence-electron chi connectivity index (χ0n) is 11.8. The van der Waals surface area contributed by atoms with Crippen LogP contribution >= 0.6 is 0 Å². The Morgan fingerprint density at radius 1 is 1.33 bits per heavy atom. The van der Waals surface area contributed by atoms with Crippen molar-refractivity contribution in [1.82, 2.24) is 15.1 Å². The monoisotopic (exact) mass is 297 g/mol. The zero-order valence-corrected chi connectivity index (χ0v) is 11.8.